The molecule has 0 fully saturated rings. The number of hydrogen-bond donors (Lipinski definition) is 1. The van der Waals surface area contributed by atoms with Crippen LogP contribution in [0.25, 0.3) is 0 Å². The van der Waals surface area contributed by atoms with Gasteiger partial charge in [-0.3, -0.25) is 4.79 Å². The SMILES string of the molecule is C[C@](C=O)(CC(F)(F)F)C(=O)O. The zero-order valence-corrected chi connectivity index (χ0v) is 6.18. The van der Waals surface area contributed by atoms with E-state index in [-0.39, 0.29) is 6.29 Å². The van der Waals surface area contributed by atoms with E-state index in [1.54, 1.807) is 0 Å². The molecule has 0 aliphatic heterocycles. The number of alkyl halides is 3. The fraction of sp³-hybridized carbons (Fsp3) is 0.667. The van der Waals surface area contributed by atoms with Crippen molar-refractivity contribution in [1.82, 2.24) is 0 Å². The van der Waals surface area contributed by atoms with Gasteiger partial charge in [0.1, 0.15) is 11.7 Å². The second-order valence-electron chi connectivity index (χ2n) is 2.63. The Morgan fingerprint density at radius 1 is 1.50 bits per heavy atom. The van der Waals surface area contributed by atoms with Crippen molar-refractivity contribution < 1.29 is 27.9 Å². The van der Waals surface area contributed by atoms with Crippen molar-refractivity contribution >= 4 is 12.3 Å². The molecule has 0 aromatic carbocycles. The molecule has 0 aliphatic carbocycles. The number of aldehydes is 1. The summed E-state index contributed by atoms with van der Waals surface area (Å²) in [5.74, 6) is -1.77. The molecule has 6 heteroatoms. The van der Waals surface area contributed by atoms with E-state index in [0.29, 0.717) is 0 Å². The maximum atomic E-state index is 11.7. The van der Waals surface area contributed by atoms with Gasteiger partial charge in [0.2, 0.25) is 0 Å². The van der Waals surface area contributed by atoms with Crippen LogP contribution in [0.5, 0.6) is 0 Å². The smallest absolute Gasteiger partial charge is 0.390 e. The molecule has 0 aromatic heterocycles. The fourth-order valence-electron chi connectivity index (χ4n) is 0.584. The second kappa shape index (κ2) is 3.12. The van der Waals surface area contributed by atoms with E-state index >= 15 is 0 Å². The molecule has 0 aliphatic rings. The lowest BCUT2D eigenvalue weighted by Crippen LogP contribution is -2.34. The van der Waals surface area contributed by atoms with Gasteiger partial charge in [-0.1, -0.05) is 0 Å². The Labute approximate surface area is 66.2 Å². The summed E-state index contributed by atoms with van der Waals surface area (Å²) < 4.78 is 35.0. The van der Waals surface area contributed by atoms with Crippen molar-refractivity contribution in [3.05, 3.63) is 0 Å². The van der Waals surface area contributed by atoms with Crippen LogP contribution < -0.4 is 0 Å². The highest BCUT2D eigenvalue weighted by Crippen LogP contribution is 2.31. The third-order valence-electron chi connectivity index (χ3n) is 1.32. The van der Waals surface area contributed by atoms with Crippen LogP contribution in [-0.4, -0.2) is 23.5 Å². The van der Waals surface area contributed by atoms with Crippen LogP contribution in [-0.2, 0) is 9.59 Å². The van der Waals surface area contributed by atoms with Crippen molar-refractivity contribution in [1.29, 1.82) is 0 Å². The van der Waals surface area contributed by atoms with E-state index in [4.69, 9.17) is 5.11 Å². The van der Waals surface area contributed by atoms with Crippen molar-refractivity contribution in [3.8, 4) is 0 Å². The van der Waals surface area contributed by atoms with Gasteiger partial charge in [0.05, 0.1) is 6.42 Å². The Morgan fingerprint density at radius 2 is 1.92 bits per heavy atom. The van der Waals surface area contributed by atoms with Crippen LogP contribution in [0.1, 0.15) is 13.3 Å². The molecule has 1 atom stereocenters. The first-order valence-corrected chi connectivity index (χ1v) is 2.98. The standard InChI is InChI=1S/C6H7F3O3/c1-5(3-10,4(11)12)2-6(7,8)9/h3H,2H2,1H3,(H,11,12)/t5-/m1/s1. The van der Waals surface area contributed by atoms with Crippen molar-refractivity contribution in [2.75, 3.05) is 0 Å². The topological polar surface area (TPSA) is 54.4 Å². The molecule has 70 valence electrons. The molecule has 0 aromatic rings. The van der Waals surface area contributed by atoms with Gasteiger partial charge in [-0.05, 0) is 6.92 Å². The number of aliphatic carboxylic acids is 1. The lowest BCUT2D eigenvalue weighted by molar-refractivity contribution is -0.176. The number of halogens is 3. The maximum Gasteiger partial charge on any atom is 0.390 e. The van der Waals surface area contributed by atoms with Crippen molar-refractivity contribution in [2.45, 2.75) is 19.5 Å². The predicted molar refractivity (Wildman–Crippen MR) is 32.5 cm³/mol. The van der Waals surface area contributed by atoms with Gasteiger partial charge in [0, 0.05) is 0 Å². The van der Waals surface area contributed by atoms with Gasteiger partial charge in [-0.15, -0.1) is 0 Å². The summed E-state index contributed by atoms with van der Waals surface area (Å²) in [5.41, 5.74) is -2.36. The van der Waals surface area contributed by atoms with Gasteiger partial charge in [0.25, 0.3) is 0 Å². The average Bonchev–Trinajstić information content (AvgIpc) is 1.83. The summed E-state index contributed by atoms with van der Waals surface area (Å²) in [5, 5.41) is 8.26. The highest BCUT2D eigenvalue weighted by atomic mass is 19.4. The Morgan fingerprint density at radius 3 is 2.00 bits per heavy atom. The fourth-order valence-corrected chi connectivity index (χ4v) is 0.584. The monoisotopic (exact) mass is 184 g/mol. The van der Waals surface area contributed by atoms with E-state index in [1.165, 1.54) is 0 Å². The van der Waals surface area contributed by atoms with Crippen LogP contribution in [0.2, 0.25) is 0 Å². The molecular formula is C6H7F3O3. The zero-order chi connectivity index (χ0) is 9.99. The molecule has 0 saturated heterocycles. The number of carboxylic acid groups (broad SMARTS) is 1. The molecule has 0 heterocycles. The zero-order valence-electron chi connectivity index (χ0n) is 6.18. The van der Waals surface area contributed by atoms with E-state index in [1.807, 2.05) is 0 Å². The third-order valence-corrected chi connectivity index (χ3v) is 1.32. The molecule has 0 spiro atoms. The van der Waals surface area contributed by atoms with E-state index in [2.05, 4.69) is 0 Å². The summed E-state index contributed by atoms with van der Waals surface area (Å²) in [6, 6.07) is 0. The van der Waals surface area contributed by atoms with Crippen LogP contribution in [0.3, 0.4) is 0 Å². The molecule has 0 amide bonds. The number of rotatable bonds is 3. The highest BCUT2D eigenvalue weighted by Gasteiger charge is 2.44. The first-order valence-electron chi connectivity index (χ1n) is 2.98. The highest BCUT2D eigenvalue weighted by molar-refractivity contribution is 5.91. The molecule has 0 bridgehead atoms. The summed E-state index contributed by atoms with van der Waals surface area (Å²) in [7, 11) is 0. The molecule has 3 nitrogen and oxygen atoms in total. The second-order valence-corrected chi connectivity index (χ2v) is 2.63. The average molecular weight is 184 g/mol. The number of carbonyl (C=O) groups is 2. The molecule has 0 radical (unpaired) electrons. The maximum absolute atomic E-state index is 11.7. The van der Waals surface area contributed by atoms with Crippen LogP contribution in [0.4, 0.5) is 13.2 Å². The summed E-state index contributed by atoms with van der Waals surface area (Å²) in [4.78, 5) is 20.3. The lowest BCUT2D eigenvalue weighted by Gasteiger charge is -2.18. The Balaban J connectivity index is 4.57. The van der Waals surface area contributed by atoms with Crippen LogP contribution in [0.15, 0.2) is 0 Å². The van der Waals surface area contributed by atoms with Gasteiger partial charge in [0.15, 0.2) is 0 Å². The van der Waals surface area contributed by atoms with E-state index in [0.717, 1.165) is 6.92 Å². The first kappa shape index (κ1) is 10.9. The molecule has 0 rings (SSSR count). The predicted octanol–water partition coefficient (Wildman–Crippen LogP) is 1.23. The number of hydrogen-bond acceptors (Lipinski definition) is 2. The van der Waals surface area contributed by atoms with E-state index < -0.39 is 24.0 Å². The quantitative estimate of drug-likeness (QED) is 0.530. The number of carbonyl (C=O) groups excluding carboxylic acids is 1. The minimum atomic E-state index is -4.64. The van der Waals surface area contributed by atoms with Crippen molar-refractivity contribution in [2.24, 2.45) is 5.41 Å². The molecule has 0 saturated carbocycles. The molecule has 1 N–H and O–H groups in total. The van der Waals surface area contributed by atoms with Gasteiger partial charge in [-0.2, -0.15) is 13.2 Å². The summed E-state index contributed by atoms with van der Waals surface area (Å²) in [6.07, 6.45) is -6.49. The summed E-state index contributed by atoms with van der Waals surface area (Å²) in [6.45, 7) is 0.732. The van der Waals surface area contributed by atoms with Gasteiger partial charge in [-0.25, -0.2) is 0 Å². The Hall–Kier alpha value is -1.07. The minimum Gasteiger partial charge on any atom is -0.481 e. The molecule has 12 heavy (non-hydrogen) atoms. The lowest BCUT2D eigenvalue weighted by atomic mass is 9.89. The number of carboxylic acids is 1. The Bertz CT molecular complexity index is 199. The summed E-state index contributed by atoms with van der Waals surface area (Å²) >= 11 is 0. The molecular weight excluding hydrogens is 177 g/mol. The van der Waals surface area contributed by atoms with Crippen molar-refractivity contribution in [3.63, 3.8) is 0 Å². The normalized spacial score (nSPS) is 16.7. The van der Waals surface area contributed by atoms with Crippen LogP contribution >= 0.6 is 0 Å². The Kier molecular flexibility index (Phi) is 2.84. The molecule has 0 unspecified atom stereocenters. The first-order chi connectivity index (χ1) is 5.21. The van der Waals surface area contributed by atoms with Gasteiger partial charge >= 0.3 is 12.1 Å². The van der Waals surface area contributed by atoms with E-state index in [9.17, 15) is 22.8 Å². The van der Waals surface area contributed by atoms with Crippen LogP contribution in [0, 0.1) is 5.41 Å². The third kappa shape index (κ3) is 2.89. The van der Waals surface area contributed by atoms with Gasteiger partial charge < -0.3 is 9.90 Å². The largest absolute Gasteiger partial charge is 0.481 e. The minimum absolute atomic E-state index is 0.206.